The second-order valence-electron chi connectivity index (χ2n) is 8.20. The number of nitrogens with one attached hydrogen (secondary N) is 1. The Balaban J connectivity index is 1.42. The minimum Gasteiger partial charge on any atom is -0.493 e. The number of ether oxygens (including phenoxy) is 3. The van der Waals surface area contributed by atoms with Crippen LogP contribution in [-0.2, 0) is 11.2 Å². The number of aromatic nitrogens is 2. The highest BCUT2D eigenvalue weighted by Crippen LogP contribution is 2.47. The fraction of sp³-hybridized carbons (Fsp3) is 0.375. The van der Waals surface area contributed by atoms with Crippen molar-refractivity contribution in [1.29, 1.82) is 0 Å². The van der Waals surface area contributed by atoms with E-state index in [2.05, 4.69) is 15.3 Å². The standard InChI is InChI=1S/C24H24ClN3O4/c1-30-20-12-19-21(23-22(20)31-7-8-32-23)24(27-13-26-19)28-16-6-5-15(18(25)11-16)10-17(29)9-14-3-2-4-14/h5-6,11-14H,2-4,7-10H2,1H3,(H,26,27,28). The van der Waals surface area contributed by atoms with Crippen molar-refractivity contribution in [2.45, 2.75) is 32.1 Å². The van der Waals surface area contributed by atoms with Gasteiger partial charge in [0.05, 0.1) is 18.0 Å². The highest BCUT2D eigenvalue weighted by atomic mass is 35.5. The average molecular weight is 454 g/mol. The number of nitrogens with zero attached hydrogens (tertiary/aromatic N) is 2. The van der Waals surface area contributed by atoms with E-state index >= 15 is 0 Å². The van der Waals surface area contributed by atoms with Crippen molar-refractivity contribution in [2.75, 3.05) is 25.6 Å². The minimum atomic E-state index is 0.247. The molecule has 2 aliphatic rings. The number of anilines is 2. The summed E-state index contributed by atoms with van der Waals surface area (Å²) in [5, 5.41) is 4.57. The van der Waals surface area contributed by atoms with E-state index in [0.717, 1.165) is 11.3 Å². The Kier molecular flexibility index (Phi) is 5.74. The number of ketones is 1. The van der Waals surface area contributed by atoms with E-state index in [0.29, 0.717) is 71.0 Å². The number of rotatable bonds is 7. The number of halogens is 1. The number of methoxy groups -OCH3 is 1. The molecular weight excluding hydrogens is 430 g/mol. The summed E-state index contributed by atoms with van der Waals surface area (Å²) in [5.41, 5.74) is 2.27. The Morgan fingerprint density at radius 3 is 2.72 bits per heavy atom. The SMILES string of the molecule is COc1cc2ncnc(Nc3ccc(CC(=O)CC4CCC4)c(Cl)c3)c2c2c1OCCO2. The van der Waals surface area contributed by atoms with E-state index in [-0.39, 0.29) is 5.78 Å². The molecule has 0 saturated heterocycles. The Bertz CT molecular complexity index is 1180. The summed E-state index contributed by atoms with van der Waals surface area (Å²) in [4.78, 5) is 21.1. The molecule has 32 heavy (non-hydrogen) atoms. The highest BCUT2D eigenvalue weighted by Gasteiger charge is 2.24. The number of carbonyl (C=O) groups excluding carboxylic acids is 1. The Hall–Kier alpha value is -3.06. The molecule has 1 aliphatic carbocycles. The molecule has 166 valence electrons. The molecule has 8 heteroatoms. The maximum atomic E-state index is 12.4. The first kappa shape index (κ1) is 20.8. The highest BCUT2D eigenvalue weighted by molar-refractivity contribution is 6.31. The zero-order valence-electron chi connectivity index (χ0n) is 17.8. The zero-order valence-corrected chi connectivity index (χ0v) is 18.6. The largest absolute Gasteiger partial charge is 0.493 e. The van der Waals surface area contributed by atoms with Crippen molar-refractivity contribution >= 4 is 39.8 Å². The van der Waals surface area contributed by atoms with Crippen LogP contribution >= 0.6 is 11.6 Å². The quantitative estimate of drug-likeness (QED) is 0.532. The second-order valence-corrected chi connectivity index (χ2v) is 8.61. The van der Waals surface area contributed by atoms with E-state index in [1.54, 1.807) is 13.2 Å². The van der Waals surface area contributed by atoms with Gasteiger partial charge >= 0.3 is 0 Å². The van der Waals surface area contributed by atoms with Gasteiger partial charge in [-0.2, -0.15) is 0 Å². The number of hydrogen-bond acceptors (Lipinski definition) is 7. The molecule has 0 atom stereocenters. The molecule has 1 fully saturated rings. The summed E-state index contributed by atoms with van der Waals surface area (Å²) in [6, 6.07) is 7.41. The van der Waals surface area contributed by atoms with Crippen LogP contribution < -0.4 is 19.5 Å². The first-order valence-corrected chi connectivity index (χ1v) is 11.2. The molecular formula is C24H24ClN3O4. The van der Waals surface area contributed by atoms with Crippen molar-refractivity contribution in [2.24, 2.45) is 5.92 Å². The van der Waals surface area contributed by atoms with Gasteiger partial charge in [0.1, 0.15) is 31.1 Å². The number of hydrogen-bond donors (Lipinski definition) is 1. The Labute approximate surface area is 191 Å². The van der Waals surface area contributed by atoms with Gasteiger partial charge in [-0.15, -0.1) is 0 Å². The van der Waals surface area contributed by atoms with Crippen LogP contribution in [0.4, 0.5) is 11.5 Å². The van der Waals surface area contributed by atoms with Gasteiger partial charge in [-0.1, -0.05) is 36.9 Å². The summed E-state index contributed by atoms with van der Waals surface area (Å²) in [6.07, 6.45) is 6.07. The molecule has 1 aromatic heterocycles. The van der Waals surface area contributed by atoms with Gasteiger partial charge in [0.25, 0.3) is 0 Å². The number of carbonyl (C=O) groups is 1. The van der Waals surface area contributed by atoms with Crippen LogP contribution in [0.15, 0.2) is 30.6 Å². The monoisotopic (exact) mass is 453 g/mol. The third-order valence-corrected chi connectivity index (χ3v) is 6.39. The molecule has 1 saturated carbocycles. The summed E-state index contributed by atoms with van der Waals surface area (Å²) in [7, 11) is 1.58. The van der Waals surface area contributed by atoms with Crippen LogP contribution in [-0.4, -0.2) is 36.1 Å². The van der Waals surface area contributed by atoms with Crippen LogP contribution in [0.3, 0.4) is 0 Å². The minimum absolute atomic E-state index is 0.247. The Morgan fingerprint density at radius 2 is 2.00 bits per heavy atom. The molecule has 0 radical (unpaired) electrons. The van der Waals surface area contributed by atoms with Crippen LogP contribution in [0.25, 0.3) is 10.9 Å². The van der Waals surface area contributed by atoms with Crippen molar-refractivity contribution in [3.05, 3.63) is 41.2 Å². The van der Waals surface area contributed by atoms with Gasteiger partial charge in [0, 0.05) is 29.6 Å². The third-order valence-electron chi connectivity index (χ3n) is 6.04. The van der Waals surface area contributed by atoms with Crippen molar-refractivity contribution in [3.8, 4) is 17.2 Å². The maximum absolute atomic E-state index is 12.4. The molecule has 0 amide bonds. The molecule has 0 bridgehead atoms. The molecule has 3 aromatic rings. The molecule has 7 nitrogen and oxygen atoms in total. The molecule has 2 heterocycles. The molecule has 2 aromatic carbocycles. The summed E-state index contributed by atoms with van der Waals surface area (Å²) < 4.78 is 17.1. The summed E-state index contributed by atoms with van der Waals surface area (Å²) in [6.45, 7) is 0.876. The molecule has 5 rings (SSSR count). The number of benzene rings is 2. The van der Waals surface area contributed by atoms with E-state index in [4.69, 9.17) is 25.8 Å². The molecule has 0 unspecified atom stereocenters. The average Bonchev–Trinajstić information content (AvgIpc) is 2.77. The third kappa shape index (κ3) is 4.05. The lowest BCUT2D eigenvalue weighted by atomic mass is 9.81. The van der Waals surface area contributed by atoms with Gasteiger partial charge in [-0.05, 0) is 23.6 Å². The Morgan fingerprint density at radius 1 is 1.19 bits per heavy atom. The predicted molar refractivity (Wildman–Crippen MR) is 122 cm³/mol. The van der Waals surface area contributed by atoms with Crippen LogP contribution in [0.5, 0.6) is 17.2 Å². The van der Waals surface area contributed by atoms with Gasteiger partial charge in [-0.3, -0.25) is 4.79 Å². The first-order chi connectivity index (χ1) is 15.6. The summed E-state index contributed by atoms with van der Waals surface area (Å²) in [5.74, 6) is 3.04. The predicted octanol–water partition coefficient (Wildman–Crippen LogP) is 5.11. The first-order valence-electron chi connectivity index (χ1n) is 10.8. The van der Waals surface area contributed by atoms with Crippen LogP contribution in [0.2, 0.25) is 5.02 Å². The van der Waals surface area contributed by atoms with E-state index < -0.39 is 0 Å². The van der Waals surface area contributed by atoms with Crippen LogP contribution in [0.1, 0.15) is 31.2 Å². The van der Waals surface area contributed by atoms with Gasteiger partial charge in [-0.25, -0.2) is 9.97 Å². The summed E-state index contributed by atoms with van der Waals surface area (Å²) >= 11 is 6.51. The van der Waals surface area contributed by atoms with E-state index in [1.165, 1.54) is 25.6 Å². The lowest BCUT2D eigenvalue weighted by molar-refractivity contribution is -0.119. The van der Waals surface area contributed by atoms with E-state index in [1.807, 2.05) is 18.2 Å². The van der Waals surface area contributed by atoms with E-state index in [9.17, 15) is 4.79 Å². The van der Waals surface area contributed by atoms with Crippen LogP contribution in [0, 0.1) is 5.92 Å². The molecule has 0 spiro atoms. The number of Topliss-reactive ketones (excluding diaryl/α,β-unsaturated/α-hetero) is 1. The van der Waals surface area contributed by atoms with Gasteiger partial charge in [0.15, 0.2) is 11.5 Å². The lowest BCUT2D eigenvalue weighted by Gasteiger charge is -2.24. The molecule has 1 aliphatic heterocycles. The fourth-order valence-corrected chi connectivity index (χ4v) is 4.41. The zero-order chi connectivity index (χ0) is 22.1. The second kappa shape index (κ2) is 8.82. The maximum Gasteiger partial charge on any atom is 0.204 e. The smallest absolute Gasteiger partial charge is 0.204 e. The van der Waals surface area contributed by atoms with Crippen molar-refractivity contribution in [1.82, 2.24) is 9.97 Å². The molecule has 1 N–H and O–H groups in total. The number of fused-ring (bicyclic) bond motifs is 3. The van der Waals surface area contributed by atoms with Gasteiger partial charge < -0.3 is 19.5 Å². The normalized spacial score (nSPS) is 15.3. The topological polar surface area (TPSA) is 82.6 Å². The van der Waals surface area contributed by atoms with Crippen molar-refractivity contribution < 1.29 is 19.0 Å². The fourth-order valence-electron chi connectivity index (χ4n) is 4.16. The lowest BCUT2D eigenvalue weighted by Crippen LogP contribution is -2.17. The van der Waals surface area contributed by atoms with Gasteiger partial charge in [0.2, 0.25) is 5.75 Å². The van der Waals surface area contributed by atoms with Crippen molar-refractivity contribution in [3.63, 3.8) is 0 Å².